The predicted octanol–water partition coefficient (Wildman–Crippen LogP) is 3.21. The van der Waals surface area contributed by atoms with E-state index in [1.807, 2.05) is 53.4 Å². The maximum atomic E-state index is 11.0. The number of hydrogen-bond donors (Lipinski definition) is 1. The molecule has 0 atom stereocenters. The van der Waals surface area contributed by atoms with Gasteiger partial charge in [0.05, 0.1) is 0 Å². The first kappa shape index (κ1) is 14.1. The van der Waals surface area contributed by atoms with E-state index < -0.39 is 5.97 Å². The fourth-order valence-electron chi connectivity index (χ4n) is 2.22. The number of nitrogens with zero attached hydrogens (tertiary/aromatic N) is 1. The van der Waals surface area contributed by atoms with Crippen LogP contribution in [-0.4, -0.2) is 24.2 Å². The Morgan fingerprint density at radius 3 is 2.15 bits per heavy atom. The summed E-state index contributed by atoms with van der Waals surface area (Å²) in [6.45, 7) is 0.782. The summed E-state index contributed by atoms with van der Waals surface area (Å²) in [5.74, 6) is -0.798. The van der Waals surface area contributed by atoms with Crippen molar-refractivity contribution in [2.75, 3.05) is 18.0 Å². The van der Waals surface area contributed by atoms with Gasteiger partial charge in [-0.1, -0.05) is 48.5 Å². The van der Waals surface area contributed by atoms with E-state index in [-0.39, 0.29) is 6.54 Å². The minimum atomic E-state index is -0.798. The molecular weight excluding hydrogens is 250 g/mol. The molecule has 0 aliphatic carbocycles. The first-order valence-corrected chi connectivity index (χ1v) is 6.81. The Bertz CT molecular complexity index is 525. The number of carboxylic acids is 1. The molecule has 20 heavy (non-hydrogen) atoms. The molecular formula is C17H19NO2. The van der Waals surface area contributed by atoms with Crippen LogP contribution in [0, 0.1) is 0 Å². The molecule has 0 heterocycles. The summed E-state index contributed by atoms with van der Waals surface area (Å²) in [7, 11) is 0. The maximum absolute atomic E-state index is 11.0. The summed E-state index contributed by atoms with van der Waals surface area (Å²) in [5.41, 5.74) is 2.25. The molecule has 2 aromatic rings. The molecule has 0 spiro atoms. The second-order valence-electron chi connectivity index (χ2n) is 4.74. The normalized spacial score (nSPS) is 10.2. The van der Waals surface area contributed by atoms with E-state index in [2.05, 4.69) is 12.1 Å². The molecule has 3 nitrogen and oxygen atoms in total. The van der Waals surface area contributed by atoms with E-state index in [4.69, 9.17) is 5.11 Å². The van der Waals surface area contributed by atoms with Crippen molar-refractivity contribution in [1.29, 1.82) is 0 Å². The molecule has 0 saturated heterocycles. The number of hydrogen-bond acceptors (Lipinski definition) is 2. The van der Waals surface area contributed by atoms with Gasteiger partial charge in [-0.05, 0) is 30.5 Å². The summed E-state index contributed by atoms with van der Waals surface area (Å²) < 4.78 is 0. The van der Waals surface area contributed by atoms with Crippen molar-refractivity contribution in [3.63, 3.8) is 0 Å². The van der Waals surface area contributed by atoms with Gasteiger partial charge in [-0.15, -0.1) is 0 Å². The third-order valence-corrected chi connectivity index (χ3v) is 3.18. The molecule has 0 aliphatic rings. The standard InChI is InChI=1S/C17H19NO2/c19-17(20)14-18(16-11-5-2-6-12-16)13-7-10-15-8-3-1-4-9-15/h1-6,8-9,11-12H,7,10,13-14H2,(H,19,20). The van der Waals surface area contributed by atoms with Crippen LogP contribution in [0.3, 0.4) is 0 Å². The number of carboxylic acid groups (broad SMARTS) is 1. The molecule has 0 saturated carbocycles. The van der Waals surface area contributed by atoms with E-state index in [1.54, 1.807) is 0 Å². The molecule has 2 aromatic carbocycles. The van der Waals surface area contributed by atoms with Gasteiger partial charge in [0.1, 0.15) is 6.54 Å². The molecule has 1 N–H and O–H groups in total. The van der Waals surface area contributed by atoms with Gasteiger partial charge in [-0.25, -0.2) is 0 Å². The van der Waals surface area contributed by atoms with Gasteiger partial charge in [-0.2, -0.15) is 0 Å². The van der Waals surface area contributed by atoms with Gasteiger partial charge in [-0.3, -0.25) is 4.79 Å². The molecule has 2 rings (SSSR count). The van der Waals surface area contributed by atoms with Crippen molar-refractivity contribution in [2.45, 2.75) is 12.8 Å². The summed E-state index contributed by atoms with van der Waals surface area (Å²) in [5, 5.41) is 9.02. The molecule has 0 bridgehead atoms. The lowest BCUT2D eigenvalue weighted by atomic mass is 10.1. The summed E-state index contributed by atoms with van der Waals surface area (Å²) in [4.78, 5) is 12.9. The van der Waals surface area contributed by atoms with Crippen LogP contribution in [0.1, 0.15) is 12.0 Å². The zero-order valence-corrected chi connectivity index (χ0v) is 11.4. The van der Waals surface area contributed by atoms with Crippen LogP contribution >= 0.6 is 0 Å². The van der Waals surface area contributed by atoms with Crippen molar-refractivity contribution < 1.29 is 9.90 Å². The van der Waals surface area contributed by atoms with Gasteiger partial charge in [0, 0.05) is 12.2 Å². The minimum absolute atomic E-state index is 0.0405. The Labute approximate surface area is 119 Å². The van der Waals surface area contributed by atoms with Gasteiger partial charge < -0.3 is 10.0 Å². The maximum Gasteiger partial charge on any atom is 0.323 e. The van der Waals surface area contributed by atoms with E-state index in [1.165, 1.54) is 5.56 Å². The first-order chi connectivity index (χ1) is 9.75. The Hall–Kier alpha value is -2.29. The van der Waals surface area contributed by atoms with Crippen LogP contribution in [-0.2, 0) is 11.2 Å². The Kier molecular flexibility index (Phi) is 5.18. The molecule has 0 aliphatic heterocycles. The van der Waals surface area contributed by atoms with Gasteiger partial charge >= 0.3 is 5.97 Å². The zero-order valence-electron chi connectivity index (χ0n) is 11.4. The SMILES string of the molecule is O=C(O)CN(CCCc1ccccc1)c1ccccc1. The minimum Gasteiger partial charge on any atom is -0.480 e. The molecule has 3 heteroatoms. The van der Waals surface area contributed by atoms with Crippen molar-refractivity contribution in [3.8, 4) is 0 Å². The average molecular weight is 269 g/mol. The Balaban J connectivity index is 1.93. The summed E-state index contributed by atoms with van der Waals surface area (Å²) in [6.07, 6.45) is 1.90. The summed E-state index contributed by atoms with van der Waals surface area (Å²) in [6, 6.07) is 20.0. The highest BCUT2D eigenvalue weighted by atomic mass is 16.4. The molecule has 0 amide bonds. The van der Waals surface area contributed by atoms with E-state index in [0.717, 1.165) is 25.1 Å². The third kappa shape index (κ3) is 4.43. The van der Waals surface area contributed by atoms with Crippen molar-refractivity contribution in [1.82, 2.24) is 0 Å². The van der Waals surface area contributed by atoms with Crippen molar-refractivity contribution in [3.05, 3.63) is 66.2 Å². The van der Waals surface area contributed by atoms with Crippen LogP contribution in [0.4, 0.5) is 5.69 Å². The van der Waals surface area contributed by atoms with Crippen LogP contribution in [0.2, 0.25) is 0 Å². The number of para-hydroxylation sites is 1. The molecule has 0 radical (unpaired) electrons. The molecule has 0 aromatic heterocycles. The van der Waals surface area contributed by atoms with E-state index in [0.29, 0.717) is 0 Å². The van der Waals surface area contributed by atoms with E-state index in [9.17, 15) is 4.79 Å². The van der Waals surface area contributed by atoms with Gasteiger partial charge in [0.25, 0.3) is 0 Å². The van der Waals surface area contributed by atoms with Crippen LogP contribution in [0.15, 0.2) is 60.7 Å². The molecule has 0 unspecified atom stereocenters. The van der Waals surface area contributed by atoms with Crippen LogP contribution < -0.4 is 4.90 Å². The predicted molar refractivity (Wildman–Crippen MR) is 81.1 cm³/mol. The fraction of sp³-hybridized carbons (Fsp3) is 0.235. The lowest BCUT2D eigenvalue weighted by molar-refractivity contribution is -0.135. The second-order valence-corrected chi connectivity index (χ2v) is 4.74. The lowest BCUT2D eigenvalue weighted by Gasteiger charge is -2.22. The highest BCUT2D eigenvalue weighted by molar-refractivity contribution is 5.73. The molecule has 104 valence electrons. The second kappa shape index (κ2) is 7.34. The number of aryl methyl sites for hydroxylation is 1. The van der Waals surface area contributed by atoms with Gasteiger partial charge in [0.2, 0.25) is 0 Å². The Morgan fingerprint density at radius 1 is 0.950 bits per heavy atom. The number of carbonyl (C=O) groups is 1. The number of anilines is 1. The number of rotatable bonds is 7. The monoisotopic (exact) mass is 269 g/mol. The summed E-state index contributed by atoms with van der Waals surface area (Å²) >= 11 is 0. The van der Waals surface area contributed by atoms with Gasteiger partial charge in [0.15, 0.2) is 0 Å². The smallest absolute Gasteiger partial charge is 0.323 e. The Morgan fingerprint density at radius 2 is 1.55 bits per heavy atom. The number of aliphatic carboxylic acids is 1. The average Bonchev–Trinajstić information content (AvgIpc) is 2.48. The van der Waals surface area contributed by atoms with Crippen LogP contribution in [0.5, 0.6) is 0 Å². The highest BCUT2D eigenvalue weighted by Crippen LogP contribution is 2.14. The largest absolute Gasteiger partial charge is 0.480 e. The van der Waals surface area contributed by atoms with E-state index >= 15 is 0 Å². The lowest BCUT2D eigenvalue weighted by Crippen LogP contribution is -2.30. The first-order valence-electron chi connectivity index (χ1n) is 6.81. The van der Waals surface area contributed by atoms with Crippen LogP contribution in [0.25, 0.3) is 0 Å². The number of benzene rings is 2. The third-order valence-electron chi connectivity index (χ3n) is 3.18. The van der Waals surface area contributed by atoms with Crippen molar-refractivity contribution in [2.24, 2.45) is 0 Å². The quantitative estimate of drug-likeness (QED) is 0.839. The zero-order chi connectivity index (χ0) is 14.2. The fourth-order valence-corrected chi connectivity index (χ4v) is 2.22. The van der Waals surface area contributed by atoms with Crippen molar-refractivity contribution >= 4 is 11.7 Å². The topological polar surface area (TPSA) is 40.5 Å². The molecule has 0 fully saturated rings. The highest BCUT2D eigenvalue weighted by Gasteiger charge is 2.09.